The Morgan fingerprint density at radius 2 is 1.88 bits per heavy atom. The quantitative estimate of drug-likeness (QED) is 0.776. The highest BCUT2D eigenvalue weighted by molar-refractivity contribution is 5.93. The summed E-state index contributed by atoms with van der Waals surface area (Å²) in [6, 6.07) is 11.6. The molecule has 1 aliphatic heterocycles. The Morgan fingerprint density at radius 1 is 1.15 bits per heavy atom. The van der Waals surface area contributed by atoms with Gasteiger partial charge < -0.3 is 15.1 Å². The third-order valence-electron chi connectivity index (χ3n) is 4.46. The zero-order valence-corrected chi connectivity index (χ0v) is 15.6. The van der Waals surface area contributed by atoms with Gasteiger partial charge in [-0.2, -0.15) is 0 Å². The Morgan fingerprint density at radius 3 is 2.58 bits per heavy atom. The second-order valence-electron chi connectivity index (χ2n) is 6.91. The van der Waals surface area contributed by atoms with Gasteiger partial charge in [0.15, 0.2) is 5.82 Å². The number of benzene rings is 1. The lowest BCUT2D eigenvalue weighted by atomic mass is 10.2. The average Bonchev–Trinajstić information content (AvgIpc) is 3.20. The molecule has 0 saturated carbocycles. The maximum absolute atomic E-state index is 12.8. The Kier molecular flexibility index (Phi) is 6.17. The van der Waals surface area contributed by atoms with Crippen LogP contribution in [0.2, 0.25) is 0 Å². The van der Waals surface area contributed by atoms with Crippen molar-refractivity contribution in [1.82, 2.24) is 19.8 Å². The van der Waals surface area contributed by atoms with Crippen molar-refractivity contribution in [2.24, 2.45) is 0 Å². The average molecular weight is 353 g/mol. The van der Waals surface area contributed by atoms with Gasteiger partial charge in [0.05, 0.1) is 0 Å². The number of aromatic nitrogens is 2. The van der Waals surface area contributed by atoms with Gasteiger partial charge in [-0.05, 0) is 39.9 Å². The van der Waals surface area contributed by atoms with E-state index in [1.807, 2.05) is 35.2 Å². The second-order valence-corrected chi connectivity index (χ2v) is 6.91. The van der Waals surface area contributed by atoms with Crippen LogP contribution >= 0.6 is 0 Å². The molecule has 0 spiro atoms. The van der Waals surface area contributed by atoms with E-state index < -0.39 is 0 Å². The molecule has 1 N–H and O–H groups in total. The molecule has 0 bridgehead atoms. The van der Waals surface area contributed by atoms with Crippen molar-refractivity contribution < 1.29 is 4.79 Å². The first-order valence-corrected chi connectivity index (χ1v) is 9.26. The highest BCUT2D eigenvalue weighted by Crippen LogP contribution is 2.20. The summed E-state index contributed by atoms with van der Waals surface area (Å²) in [4.78, 5) is 26.0. The normalized spacial score (nSPS) is 14.0. The van der Waals surface area contributed by atoms with Crippen LogP contribution in [0.4, 0.5) is 5.82 Å². The minimum absolute atomic E-state index is 0.00146. The van der Waals surface area contributed by atoms with E-state index in [2.05, 4.69) is 34.3 Å². The summed E-state index contributed by atoms with van der Waals surface area (Å²) in [5.41, 5.74) is 1.38. The summed E-state index contributed by atoms with van der Waals surface area (Å²) in [6.07, 6.45) is 3.14. The summed E-state index contributed by atoms with van der Waals surface area (Å²) >= 11 is 0. The lowest BCUT2D eigenvalue weighted by molar-refractivity contribution is 0.0787. The predicted molar refractivity (Wildman–Crippen MR) is 104 cm³/mol. The Balaban J connectivity index is 1.83. The van der Waals surface area contributed by atoms with Crippen molar-refractivity contribution >= 4 is 11.7 Å². The zero-order valence-electron chi connectivity index (χ0n) is 15.6. The van der Waals surface area contributed by atoms with Crippen molar-refractivity contribution in [2.45, 2.75) is 19.3 Å². The van der Waals surface area contributed by atoms with Crippen LogP contribution in [-0.2, 0) is 0 Å². The van der Waals surface area contributed by atoms with Crippen molar-refractivity contribution in [1.29, 1.82) is 0 Å². The van der Waals surface area contributed by atoms with E-state index in [-0.39, 0.29) is 5.91 Å². The molecule has 0 aliphatic carbocycles. The van der Waals surface area contributed by atoms with Crippen LogP contribution in [0.25, 0.3) is 11.4 Å². The van der Waals surface area contributed by atoms with Crippen molar-refractivity contribution in [2.75, 3.05) is 45.6 Å². The molecule has 2 aromatic rings. The highest BCUT2D eigenvalue weighted by Gasteiger charge is 2.22. The van der Waals surface area contributed by atoms with Gasteiger partial charge >= 0.3 is 0 Å². The van der Waals surface area contributed by atoms with Gasteiger partial charge in [-0.1, -0.05) is 30.3 Å². The molecule has 0 radical (unpaired) electrons. The smallest absolute Gasteiger partial charge is 0.272 e. The van der Waals surface area contributed by atoms with E-state index in [1.54, 1.807) is 6.07 Å². The fourth-order valence-corrected chi connectivity index (χ4v) is 3.06. The first-order valence-electron chi connectivity index (χ1n) is 9.26. The number of carbonyl (C=O) groups is 1. The van der Waals surface area contributed by atoms with Gasteiger partial charge in [-0.15, -0.1) is 0 Å². The minimum atomic E-state index is -0.00146. The van der Waals surface area contributed by atoms with Crippen LogP contribution in [0.3, 0.4) is 0 Å². The molecule has 0 atom stereocenters. The number of rotatable bonds is 7. The fraction of sp³-hybridized carbons (Fsp3) is 0.450. The monoisotopic (exact) mass is 353 g/mol. The number of amides is 1. The largest absolute Gasteiger partial charge is 0.370 e. The zero-order chi connectivity index (χ0) is 18.4. The van der Waals surface area contributed by atoms with Crippen molar-refractivity contribution in [3.8, 4) is 11.4 Å². The molecule has 1 saturated heterocycles. The van der Waals surface area contributed by atoms with Gasteiger partial charge in [0, 0.05) is 31.3 Å². The van der Waals surface area contributed by atoms with Crippen LogP contribution in [0.15, 0.2) is 36.4 Å². The molecule has 6 nitrogen and oxygen atoms in total. The lowest BCUT2D eigenvalue weighted by Gasteiger charge is -2.16. The molecule has 1 aromatic carbocycles. The van der Waals surface area contributed by atoms with Crippen LogP contribution in [0.5, 0.6) is 0 Å². The van der Waals surface area contributed by atoms with Crippen LogP contribution in [-0.4, -0.2) is 65.9 Å². The van der Waals surface area contributed by atoms with E-state index in [4.69, 9.17) is 0 Å². The number of hydrogen-bond donors (Lipinski definition) is 1. The first-order chi connectivity index (χ1) is 12.6. The van der Waals surface area contributed by atoms with Crippen molar-refractivity contribution in [3.05, 3.63) is 42.1 Å². The summed E-state index contributed by atoms with van der Waals surface area (Å²) in [6.45, 7) is 3.44. The maximum atomic E-state index is 12.8. The maximum Gasteiger partial charge on any atom is 0.272 e. The molecule has 1 aliphatic rings. The predicted octanol–water partition coefficient (Wildman–Crippen LogP) is 2.74. The van der Waals surface area contributed by atoms with Gasteiger partial charge in [0.25, 0.3) is 5.91 Å². The SMILES string of the molecule is CN(C)CCCNc1cc(C(=O)N2CCCC2)nc(-c2ccccc2)n1. The highest BCUT2D eigenvalue weighted by atomic mass is 16.2. The molecule has 6 heteroatoms. The number of carbonyl (C=O) groups excluding carboxylic acids is 1. The molecule has 26 heavy (non-hydrogen) atoms. The molecule has 3 rings (SSSR count). The summed E-state index contributed by atoms with van der Waals surface area (Å²) in [7, 11) is 4.12. The topological polar surface area (TPSA) is 61.4 Å². The second kappa shape index (κ2) is 8.76. The van der Waals surface area contributed by atoms with Gasteiger partial charge in [0.2, 0.25) is 0 Å². The third-order valence-corrected chi connectivity index (χ3v) is 4.46. The fourth-order valence-electron chi connectivity index (χ4n) is 3.06. The van der Waals surface area contributed by atoms with E-state index in [0.29, 0.717) is 17.3 Å². The van der Waals surface area contributed by atoms with Crippen molar-refractivity contribution in [3.63, 3.8) is 0 Å². The number of hydrogen-bond acceptors (Lipinski definition) is 5. The van der Waals surface area contributed by atoms with E-state index in [9.17, 15) is 4.79 Å². The van der Waals surface area contributed by atoms with Gasteiger partial charge in [-0.25, -0.2) is 9.97 Å². The molecular formula is C20H27N5O. The molecule has 1 fully saturated rings. The summed E-state index contributed by atoms with van der Waals surface area (Å²) in [5, 5.41) is 3.35. The van der Waals surface area contributed by atoms with Crippen LogP contribution in [0, 0.1) is 0 Å². The van der Waals surface area contributed by atoms with Gasteiger partial charge in [0.1, 0.15) is 11.5 Å². The first kappa shape index (κ1) is 18.3. The van der Waals surface area contributed by atoms with E-state index in [0.717, 1.165) is 51.0 Å². The summed E-state index contributed by atoms with van der Waals surface area (Å²) < 4.78 is 0. The molecule has 1 aromatic heterocycles. The number of anilines is 1. The Hall–Kier alpha value is -2.47. The number of nitrogens with zero attached hydrogens (tertiary/aromatic N) is 4. The number of nitrogens with one attached hydrogen (secondary N) is 1. The minimum Gasteiger partial charge on any atom is -0.370 e. The Bertz CT molecular complexity index is 726. The van der Waals surface area contributed by atoms with Crippen LogP contribution in [0.1, 0.15) is 29.8 Å². The van der Waals surface area contributed by atoms with E-state index in [1.165, 1.54) is 0 Å². The molecule has 1 amide bonds. The van der Waals surface area contributed by atoms with Gasteiger partial charge in [-0.3, -0.25) is 4.79 Å². The Labute approximate surface area is 155 Å². The summed E-state index contributed by atoms with van der Waals surface area (Å²) in [5.74, 6) is 1.30. The molecule has 0 unspecified atom stereocenters. The van der Waals surface area contributed by atoms with Crippen LogP contribution < -0.4 is 5.32 Å². The standard InChI is InChI=1S/C20H27N5O/c1-24(2)12-8-11-21-18-15-17(20(26)25-13-6-7-14-25)22-19(23-18)16-9-4-3-5-10-16/h3-5,9-10,15H,6-8,11-14H2,1-2H3,(H,21,22,23). The van der Waals surface area contributed by atoms with E-state index >= 15 is 0 Å². The molecule has 138 valence electrons. The number of likely N-dealkylation sites (tertiary alicyclic amines) is 1. The molecular weight excluding hydrogens is 326 g/mol. The molecule has 2 heterocycles. The third kappa shape index (κ3) is 4.79. The lowest BCUT2D eigenvalue weighted by Crippen LogP contribution is -2.28.